The van der Waals surface area contributed by atoms with Crippen molar-refractivity contribution in [1.82, 2.24) is 10.3 Å². The summed E-state index contributed by atoms with van der Waals surface area (Å²) in [5.74, 6) is 0.859. The van der Waals surface area contributed by atoms with Gasteiger partial charge in [0.1, 0.15) is 0 Å². The van der Waals surface area contributed by atoms with E-state index in [1.54, 1.807) is 18.0 Å². The van der Waals surface area contributed by atoms with Crippen LogP contribution in [0.4, 0.5) is 0 Å². The fraction of sp³-hybridized carbons (Fsp3) is 0.545. The van der Waals surface area contributed by atoms with Gasteiger partial charge in [-0.1, -0.05) is 12.5 Å². The average Bonchev–Trinajstić information content (AvgIpc) is 2.40. The monoisotopic (exact) mass is 418 g/mol. The molecule has 24 heavy (non-hydrogen) atoms. The Morgan fingerprint density at radius 2 is 1.71 bits per heavy atom. The number of thioether (sulfide) groups is 1. The molecule has 0 saturated carbocycles. The Hall–Kier alpha value is 1.76. The molecule has 1 aromatic heterocycles. The van der Waals surface area contributed by atoms with Crippen LogP contribution in [-0.2, 0) is 9.13 Å². The molecule has 1 aromatic rings. The first-order valence-corrected chi connectivity index (χ1v) is 10.9. The van der Waals surface area contributed by atoms with E-state index < -0.39 is 20.7 Å². The Kier molecular flexibility index (Phi) is 16.2. The zero-order valence-corrected chi connectivity index (χ0v) is 20.4. The summed E-state index contributed by atoms with van der Waals surface area (Å²) in [7, 11) is -9.77. The van der Waals surface area contributed by atoms with Crippen molar-refractivity contribution in [3.63, 3.8) is 0 Å². The molecule has 0 aromatic carbocycles. The fourth-order valence-electron chi connectivity index (χ4n) is 1.68. The standard InChI is InChI=1S/C11H20N2O6P2S.2Na.2H/c14-20(15,16)11(21(17,18)19)13-8-3-1-5-9-22-10-6-2-4-7-12-10;;;;/h2,4,6-7,11,13H,1,3,5,8-9H2,(H2,14,15,16)(H2,17,18,19);;;;/q;2*+1;2*-1. The molecule has 0 unspecified atom stereocenters. The van der Waals surface area contributed by atoms with Gasteiger partial charge >= 0.3 is 74.3 Å². The summed E-state index contributed by atoms with van der Waals surface area (Å²) in [6, 6.07) is 5.66. The molecule has 0 bridgehead atoms. The maximum absolute atomic E-state index is 11.0. The smallest absolute Gasteiger partial charge is 1.00 e. The molecule has 0 fully saturated rings. The molecular formula is C11H22N2Na2O6P2S. The molecule has 1 heterocycles. The third-order valence-corrected chi connectivity index (χ3v) is 7.15. The van der Waals surface area contributed by atoms with Gasteiger partial charge in [-0.2, -0.15) is 0 Å². The van der Waals surface area contributed by atoms with E-state index in [4.69, 9.17) is 19.6 Å². The zero-order valence-electron chi connectivity index (χ0n) is 15.8. The van der Waals surface area contributed by atoms with E-state index in [9.17, 15) is 9.13 Å². The Bertz CT molecular complexity index is 533. The second-order valence-electron chi connectivity index (χ2n) is 4.58. The van der Waals surface area contributed by atoms with Crippen molar-refractivity contribution in [1.29, 1.82) is 0 Å². The minimum atomic E-state index is -4.89. The number of unbranched alkanes of at least 4 members (excludes halogenated alkanes) is 2. The second-order valence-corrected chi connectivity index (χ2v) is 9.49. The molecule has 0 amide bonds. The van der Waals surface area contributed by atoms with Gasteiger partial charge in [-0.3, -0.25) is 14.4 Å². The average molecular weight is 418 g/mol. The van der Waals surface area contributed by atoms with E-state index in [1.807, 2.05) is 18.2 Å². The van der Waals surface area contributed by atoms with Crippen LogP contribution in [0.2, 0.25) is 0 Å². The SMILES string of the molecule is O=P(O)(O)C(NCCCCCSc1ccccn1)P(=O)(O)O.[H-].[H-].[Na+].[Na+]. The molecule has 0 aliphatic rings. The molecule has 5 N–H and O–H groups in total. The number of aromatic nitrogens is 1. The third-order valence-electron chi connectivity index (χ3n) is 2.67. The molecule has 13 heteroatoms. The van der Waals surface area contributed by atoms with Gasteiger partial charge in [0, 0.05) is 6.20 Å². The quantitative estimate of drug-likeness (QED) is 0.111. The van der Waals surface area contributed by atoms with Crippen LogP contribution in [0.15, 0.2) is 29.4 Å². The first-order valence-electron chi connectivity index (χ1n) is 6.59. The molecule has 8 nitrogen and oxygen atoms in total. The van der Waals surface area contributed by atoms with Gasteiger partial charge in [-0.15, -0.1) is 11.8 Å². The fourth-order valence-corrected chi connectivity index (χ4v) is 4.85. The Morgan fingerprint density at radius 3 is 2.21 bits per heavy atom. The summed E-state index contributed by atoms with van der Waals surface area (Å²) < 4.78 is 22.1. The second kappa shape index (κ2) is 13.9. The minimum absolute atomic E-state index is 0. The molecule has 0 aliphatic carbocycles. The first-order chi connectivity index (χ1) is 10.2. The molecule has 1 rings (SSSR count). The number of hydrogen-bond donors (Lipinski definition) is 5. The molecule has 0 aliphatic heterocycles. The normalized spacial score (nSPS) is 11.7. The number of nitrogens with one attached hydrogen (secondary N) is 1. The Morgan fingerprint density at radius 1 is 1.08 bits per heavy atom. The van der Waals surface area contributed by atoms with Crippen molar-refractivity contribution in [3.05, 3.63) is 24.4 Å². The van der Waals surface area contributed by atoms with Crippen LogP contribution in [0.3, 0.4) is 0 Å². The molecule has 0 atom stereocenters. The van der Waals surface area contributed by atoms with E-state index in [1.165, 1.54) is 0 Å². The Labute approximate surface area is 192 Å². The summed E-state index contributed by atoms with van der Waals surface area (Å²) in [6.07, 6.45) is 3.94. The molecule has 0 radical (unpaired) electrons. The van der Waals surface area contributed by atoms with Gasteiger partial charge < -0.3 is 22.4 Å². The zero-order chi connectivity index (χ0) is 16.6. The summed E-state index contributed by atoms with van der Waals surface area (Å²) >= 11 is 1.61. The van der Waals surface area contributed by atoms with Crippen molar-refractivity contribution in [3.8, 4) is 0 Å². The summed E-state index contributed by atoms with van der Waals surface area (Å²) in [4.78, 5) is 39.9. The predicted octanol–water partition coefficient (Wildman–Crippen LogP) is -4.19. The van der Waals surface area contributed by atoms with Gasteiger partial charge in [0.05, 0.1) is 5.03 Å². The van der Waals surface area contributed by atoms with Crippen LogP contribution in [0.25, 0.3) is 0 Å². The Balaban J connectivity index is -0.000000605. The minimum Gasteiger partial charge on any atom is -1.00 e. The van der Waals surface area contributed by atoms with Crippen LogP contribution >= 0.6 is 27.0 Å². The van der Waals surface area contributed by atoms with E-state index in [2.05, 4.69) is 10.3 Å². The van der Waals surface area contributed by atoms with Crippen molar-refractivity contribution < 1.29 is 90.7 Å². The summed E-state index contributed by atoms with van der Waals surface area (Å²) in [5.41, 5.74) is -2.12. The van der Waals surface area contributed by atoms with Crippen molar-refractivity contribution in [2.45, 2.75) is 29.8 Å². The maximum Gasteiger partial charge on any atom is 1.00 e. The number of hydrogen-bond acceptors (Lipinski definition) is 5. The number of rotatable bonds is 10. The first kappa shape index (κ1) is 28.0. The van der Waals surface area contributed by atoms with Crippen LogP contribution in [-0.4, -0.2) is 42.4 Å². The van der Waals surface area contributed by atoms with Gasteiger partial charge in [0.25, 0.3) is 0 Å². The van der Waals surface area contributed by atoms with E-state index >= 15 is 0 Å². The third kappa shape index (κ3) is 12.2. The van der Waals surface area contributed by atoms with Crippen LogP contribution in [0, 0.1) is 0 Å². The predicted molar refractivity (Wildman–Crippen MR) is 86.9 cm³/mol. The van der Waals surface area contributed by atoms with Crippen molar-refractivity contribution >= 4 is 27.0 Å². The molecule has 0 saturated heterocycles. The number of pyridine rings is 1. The summed E-state index contributed by atoms with van der Waals surface area (Å²) in [6.45, 7) is 0.134. The van der Waals surface area contributed by atoms with Crippen molar-refractivity contribution in [2.75, 3.05) is 12.3 Å². The van der Waals surface area contributed by atoms with Crippen molar-refractivity contribution in [2.24, 2.45) is 0 Å². The van der Waals surface area contributed by atoms with Gasteiger partial charge in [0.2, 0.25) is 5.52 Å². The topological polar surface area (TPSA) is 140 Å². The van der Waals surface area contributed by atoms with E-state index in [-0.39, 0.29) is 68.5 Å². The summed E-state index contributed by atoms with van der Waals surface area (Å²) in [5, 5.41) is 3.20. The van der Waals surface area contributed by atoms with Gasteiger partial charge in [-0.25, -0.2) is 4.98 Å². The number of nitrogens with zero attached hydrogens (tertiary/aromatic N) is 1. The van der Waals surface area contributed by atoms with Crippen LogP contribution in [0.1, 0.15) is 22.1 Å². The van der Waals surface area contributed by atoms with Gasteiger partial charge in [-0.05, 0) is 37.3 Å². The van der Waals surface area contributed by atoms with E-state index in [0.29, 0.717) is 6.42 Å². The van der Waals surface area contributed by atoms with E-state index in [0.717, 1.165) is 23.6 Å². The maximum atomic E-state index is 11.0. The van der Waals surface area contributed by atoms with Crippen LogP contribution in [0.5, 0.6) is 0 Å². The molecule has 0 spiro atoms. The molecule has 130 valence electrons. The van der Waals surface area contributed by atoms with Gasteiger partial charge in [0.15, 0.2) is 0 Å². The molecular weight excluding hydrogens is 396 g/mol. The van der Waals surface area contributed by atoms with Crippen LogP contribution < -0.4 is 64.4 Å². The largest absolute Gasteiger partial charge is 1.00 e.